The maximum atomic E-state index is 13.3. The fourth-order valence-corrected chi connectivity index (χ4v) is 5.98. The van der Waals surface area contributed by atoms with Crippen LogP contribution in [-0.4, -0.2) is 53.3 Å². The second-order valence-electron chi connectivity index (χ2n) is 10.9. The number of nitrogens with one attached hydrogen (secondary N) is 2. The molecule has 11 nitrogen and oxygen atoms in total. The number of aryl methyl sites for hydroxylation is 1. The highest BCUT2D eigenvalue weighted by Gasteiger charge is 2.52. The molecule has 1 aliphatic carbocycles. The number of amides is 2. The SMILES string of the molecule is CCn1nccc1C(=O)N[C@H](c1cn2nc(CC3(C(=O)O)CC(C)NC3=O)ccc2n1)C1CCC(C)CC1. The number of nitrogens with zero attached hydrogens (tertiary/aromatic N) is 5. The lowest BCUT2D eigenvalue weighted by atomic mass is 9.78. The molecule has 1 saturated carbocycles. The van der Waals surface area contributed by atoms with Gasteiger partial charge in [-0.25, -0.2) is 9.50 Å². The van der Waals surface area contributed by atoms with Crippen molar-refractivity contribution in [2.24, 2.45) is 17.3 Å². The molecule has 0 radical (unpaired) electrons. The van der Waals surface area contributed by atoms with Crippen LogP contribution < -0.4 is 10.6 Å². The van der Waals surface area contributed by atoms with Gasteiger partial charge < -0.3 is 15.7 Å². The summed E-state index contributed by atoms with van der Waals surface area (Å²) in [6.07, 6.45) is 7.79. The summed E-state index contributed by atoms with van der Waals surface area (Å²) in [7, 11) is 0. The first kappa shape index (κ1) is 25.9. The minimum absolute atomic E-state index is 0.0103. The molecule has 38 heavy (non-hydrogen) atoms. The molecular weight excluding hydrogens is 486 g/mol. The summed E-state index contributed by atoms with van der Waals surface area (Å²) < 4.78 is 3.29. The summed E-state index contributed by atoms with van der Waals surface area (Å²) in [4.78, 5) is 42.8. The average Bonchev–Trinajstić information content (AvgIpc) is 3.60. The molecule has 2 unspecified atom stereocenters. The van der Waals surface area contributed by atoms with Gasteiger partial charge in [-0.3, -0.25) is 19.1 Å². The van der Waals surface area contributed by atoms with E-state index in [-0.39, 0.29) is 36.8 Å². The minimum atomic E-state index is -1.54. The zero-order chi connectivity index (χ0) is 27.0. The van der Waals surface area contributed by atoms with Crippen LogP contribution in [-0.2, 0) is 22.6 Å². The molecule has 11 heteroatoms. The van der Waals surface area contributed by atoms with E-state index in [4.69, 9.17) is 4.98 Å². The molecular formula is C27H35N7O4. The molecule has 2 amide bonds. The third kappa shape index (κ3) is 4.77. The lowest BCUT2D eigenvalue weighted by molar-refractivity contribution is -0.153. The molecule has 3 N–H and O–H groups in total. The van der Waals surface area contributed by atoms with E-state index in [9.17, 15) is 19.5 Å². The fourth-order valence-electron chi connectivity index (χ4n) is 5.98. The number of imidazole rings is 1. The minimum Gasteiger partial charge on any atom is -0.480 e. The number of fused-ring (bicyclic) bond motifs is 1. The average molecular weight is 522 g/mol. The van der Waals surface area contributed by atoms with Gasteiger partial charge in [0.1, 0.15) is 5.69 Å². The molecule has 3 aromatic heterocycles. The number of carboxylic acids is 1. The van der Waals surface area contributed by atoms with Gasteiger partial charge in [0, 0.05) is 25.2 Å². The van der Waals surface area contributed by atoms with Gasteiger partial charge in [-0.2, -0.15) is 10.2 Å². The molecule has 2 fully saturated rings. The van der Waals surface area contributed by atoms with Crippen molar-refractivity contribution in [2.45, 2.75) is 77.9 Å². The van der Waals surface area contributed by atoms with Gasteiger partial charge in [0.25, 0.3) is 5.91 Å². The van der Waals surface area contributed by atoms with E-state index in [1.54, 1.807) is 40.5 Å². The topological polar surface area (TPSA) is 144 Å². The quantitative estimate of drug-likeness (QED) is 0.387. The van der Waals surface area contributed by atoms with E-state index >= 15 is 0 Å². The molecule has 1 aliphatic heterocycles. The predicted octanol–water partition coefficient (Wildman–Crippen LogP) is 2.76. The Balaban J connectivity index is 1.45. The maximum Gasteiger partial charge on any atom is 0.319 e. The standard InChI is InChI=1S/C27H35N7O4/c1-4-33-21(11-12-28-33)24(35)31-23(18-7-5-16(2)6-8-18)20-15-34-22(30-20)10-9-19(32-34)14-27(26(37)38)13-17(3)29-25(27)36/h9-12,15-18,23H,4-8,13-14H2,1-3H3,(H,29,36)(H,31,35)(H,37,38)/t16?,17?,18?,23-,27?/m0/s1. The monoisotopic (exact) mass is 521 g/mol. The molecule has 0 spiro atoms. The summed E-state index contributed by atoms with van der Waals surface area (Å²) in [6.45, 7) is 6.60. The Hall–Kier alpha value is -3.76. The Morgan fingerprint density at radius 2 is 1.97 bits per heavy atom. The highest BCUT2D eigenvalue weighted by Crippen LogP contribution is 2.37. The van der Waals surface area contributed by atoms with Crippen molar-refractivity contribution in [1.29, 1.82) is 0 Å². The molecule has 202 valence electrons. The summed E-state index contributed by atoms with van der Waals surface area (Å²) in [5, 5.41) is 24.7. The van der Waals surface area contributed by atoms with Gasteiger partial charge in [-0.05, 0) is 63.1 Å². The number of rotatable bonds is 8. The first-order chi connectivity index (χ1) is 18.2. The Labute approximate surface area is 221 Å². The van der Waals surface area contributed by atoms with Crippen LogP contribution in [0.15, 0.2) is 30.6 Å². The van der Waals surface area contributed by atoms with Crippen molar-refractivity contribution < 1.29 is 19.5 Å². The molecule has 1 saturated heterocycles. The molecule has 2 aliphatic rings. The zero-order valence-electron chi connectivity index (χ0n) is 22.1. The predicted molar refractivity (Wildman–Crippen MR) is 138 cm³/mol. The summed E-state index contributed by atoms with van der Waals surface area (Å²) in [5.41, 5.74) is 0.770. The lowest BCUT2D eigenvalue weighted by Gasteiger charge is -2.32. The van der Waals surface area contributed by atoms with Crippen molar-refractivity contribution in [1.82, 2.24) is 35.0 Å². The van der Waals surface area contributed by atoms with Crippen LogP contribution in [0.1, 0.15) is 80.8 Å². The van der Waals surface area contributed by atoms with E-state index in [1.165, 1.54) is 0 Å². The third-order valence-electron chi connectivity index (χ3n) is 8.14. The highest BCUT2D eigenvalue weighted by atomic mass is 16.4. The largest absolute Gasteiger partial charge is 0.480 e. The number of hydrogen-bond acceptors (Lipinski definition) is 6. The zero-order valence-corrected chi connectivity index (χ0v) is 22.1. The number of carbonyl (C=O) groups is 3. The van der Waals surface area contributed by atoms with Gasteiger partial charge in [0.05, 0.1) is 23.6 Å². The number of carbonyl (C=O) groups excluding carboxylic acids is 2. The Kier molecular flexibility index (Phi) is 6.93. The van der Waals surface area contributed by atoms with Gasteiger partial charge in [-0.1, -0.05) is 19.8 Å². The molecule has 0 bridgehead atoms. The van der Waals surface area contributed by atoms with E-state index in [0.717, 1.165) is 25.7 Å². The third-order valence-corrected chi connectivity index (χ3v) is 8.14. The molecule has 0 aromatic carbocycles. The van der Waals surface area contributed by atoms with Crippen molar-refractivity contribution in [3.8, 4) is 0 Å². The Morgan fingerprint density at radius 3 is 2.63 bits per heavy atom. The van der Waals surface area contributed by atoms with Crippen molar-refractivity contribution in [2.75, 3.05) is 0 Å². The van der Waals surface area contributed by atoms with Gasteiger partial charge in [0.2, 0.25) is 5.91 Å². The van der Waals surface area contributed by atoms with E-state index in [0.29, 0.717) is 35.2 Å². The van der Waals surface area contributed by atoms with Crippen molar-refractivity contribution in [3.63, 3.8) is 0 Å². The number of aromatic nitrogens is 5. The molecule has 4 heterocycles. The molecule has 3 aromatic rings. The van der Waals surface area contributed by atoms with Crippen molar-refractivity contribution in [3.05, 3.63) is 47.7 Å². The Bertz CT molecular complexity index is 1360. The van der Waals surface area contributed by atoms with Gasteiger partial charge >= 0.3 is 5.97 Å². The van der Waals surface area contributed by atoms with E-state index in [2.05, 4.69) is 27.8 Å². The van der Waals surface area contributed by atoms with Crippen molar-refractivity contribution >= 4 is 23.4 Å². The van der Waals surface area contributed by atoms with Crippen LogP contribution in [0.2, 0.25) is 0 Å². The van der Waals surface area contributed by atoms with E-state index < -0.39 is 17.3 Å². The van der Waals surface area contributed by atoms with Gasteiger partial charge in [0.15, 0.2) is 11.1 Å². The molecule has 3 atom stereocenters. The highest BCUT2D eigenvalue weighted by molar-refractivity contribution is 6.04. The maximum absolute atomic E-state index is 13.3. The summed E-state index contributed by atoms with van der Waals surface area (Å²) >= 11 is 0. The smallest absolute Gasteiger partial charge is 0.319 e. The van der Waals surface area contributed by atoms with Crippen LogP contribution in [0.4, 0.5) is 0 Å². The first-order valence-electron chi connectivity index (χ1n) is 13.4. The second kappa shape index (κ2) is 10.2. The molecule has 5 rings (SSSR count). The Morgan fingerprint density at radius 1 is 1.21 bits per heavy atom. The lowest BCUT2D eigenvalue weighted by Crippen LogP contribution is -2.41. The normalized spacial score (nSPS) is 26.3. The summed E-state index contributed by atoms with van der Waals surface area (Å²) in [6, 6.07) is 4.71. The number of carboxylic acid groups (broad SMARTS) is 1. The van der Waals surface area contributed by atoms with Crippen LogP contribution in [0.25, 0.3) is 5.65 Å². The number of aliphatic carboxylic acids is 1. The fraction of sp³-hybridized carbons (Fsp3) is 0.556. The van der Waals surface area contributed by atoms with Crippen LogP contribution in [0.3, 0.4) is 0 Å². The van der Waals surface area contributed by atoms with Crippen LogP contribution >= 0.6 is 0 Å². The number of hydrogen-bond donors (Lipinski definition) is 3. The second-order valence-corrected chi connectivity index (χ2v) is 10.9. The van der Waals surface area contributed by atoms with Crippen LogP contribution in [0.5, 0.6) is 0 Å². The summed E-state index contributed by atoms with van der Waals surface area (Å²) in [5.74, 6) is -0.925. The van der Waals surface area contributed by atoms with Gasteiger partial charge in [-0.15, -0.1) is 0 Å². The van der Waals surface area contributed by atoms with E-state index in [1.807, 2.05) is 13.1 Å². The first-order valence-corrected chi connectivity index (χ1v) is 13.4. The van der Waals surface area contributed by atoms with Crippen LogP contribution in [0, 0.1) is 17.3 Å².